The lowest BCUT2D eigenvalue weighted by Crippen LogP contribution is -2.27. The molecular formula is C15H23NS. The summed E-state index contributed by atoms with van der Waals surface area (Å²) in [4.78, 5) is 1.36. The standard InChI is InChI=1S/C15H23NS/c1-12(2)8-9-14(16-4)11-17-15-7-5-6-13(3)10-15/h5-7,10,14,16H,1,8-9,11H2,2-4H3. The van der Waals surface area contributed by atoms with Gasteiger partial charge in [-0.3, -0.25) is 0 Å². The Labute approximate surface area is 110 Å². The van der Waals surface area contributed by atoms with Crippen molar-refractivity contribution in [2.24, 2.45) is 0 Å². The summed E-state index contributed by atoms with van der Waals surface area (Å²) >= 11 is 1.93. The summed E-state index contributed by atoms with van der Waals surface area (Å²) in [7, 11) is 2.04. The number of allylic oxidation sites excluding steroid dienone is 1. The first kappa shape index (κ1) is 14.3. The summed E-state index contributed by atoms with van der Waals surface area (Å²) in [5.41, 5.74) is 2.60. The lowest BCUT2D eigenvalue weighted by molar-refractivity contribution is 0.571. The van der Waals surface area contributed by atoms with Crippen molar-refractivity contribution in [3.05, 3.63) is 42.0 Å². The third-order valence-electron chi connectivity index (χ3n) is 2.77. The van der Waals surface area contributed by atoms with Gasteiger partial charge in [0.15, 0.2) is 0 Å². The molecular weight excluding hydrogens is 226 g/mol. The van der Waals surface area contributed by atoms with Crippen molar-refractivity contribution < 1.29 is 0 Å². The van der Waals surface area contributed by atoms with Crippen molar-refractivity contribution in [3.8, 4) is 0 Å². The molecule has 0 heterocycles. The second-order valence-electron chi connectivity index (χ2n) is 4.61. The fourth-order valence-electron chi connectivity index (χ4n) is 1.63. The van der Waals surface area contributed by atoms with E-state index in [0.29, 0.717) is 6.04 Å². The Morgan fingerprint density at radius 1 is 1.47 bits per heavy atom. The van der Waals surface area contributed by atoms with E-state index in [1.165, 1.54) is 22.5 Å². The van der Waals surface area contributed by atoms with Crippen LogP contribution in [-0.4, -0.2) is 18.8 Å². The molecule has 17 heavy (non-hydrogen) atoms. The minimum atomic E-state index is 0.567. The number of aryl methyl sites for hydroxylation is 1. The molecule has 0 aromatic heterocycles. The van der Waals surface area contributed by atoms with Gasteiger partial charge in [0, 0.05) is 16.7 Å². The van der Waals surface area contributed by atoms with Crippen LogP contribution in [0.1, 0.15) is 25.3 Å². The molecule has 1 atom stereocenters. The lowest BCUT2D eigenvalue weighted by Gasteiger charge is -2.15. The Bertz CT molecular complexity index is 360. The van der Waals surface area contributed by atoms with Crippen LogP contribution in [0.2, 0.25) is 0 Å². The first-order chi connectivity index (χ1) is 8.11. The highest BCUT2D eigenvalue weighted by atomic mass is 32.2. The second kappa shape index (κ2) is 7.57. The van der Waals surface area contributed by atoms with E-state index in [-0.39, 0.29) is 0 Å². The number of thioether (sulfide) groups is 1. The summed E-state index contributed by atoms with van der Waals surface area (Å²) in [6.07, 6.45) is 2.28. The Morgan fingerprint density at radius 2 is 2.24 bits per heavy atom. The minimum absolute atomic E-state index is 0.567. The molecule has 0 fully saturated rings. The van der Waals surface area contributed by atoms with Gasteiger partial charge >= 0.3 is 0 Å². The van der Waals surface area contributed by atoms with Gasteiger partial charge in [0.2, 0.25) is 0 Å². The number of nitrogens with one attached hydrogen (secondary N) is 1. The van der Waals surface area contributed by atoms with Crippen LogP contribution in [0, 0.1) is 6.92 Å². The van der Waals surface area contributed by atoms with Crippen LogP contribution >= 0.6 is 11.8 Å². The number of rotatable bonds is 7. The largest absolute Gasteiger partial charge is 0.316 e. The molecule has 0 bridgehead atoms. The van der Waals surface area contributed by atoms with Crippen molar-refractivity contribution in [1.82, 2.24) is 5.32 Å². The molecule has 1 rings (SSSR count). The molecule has 0 aliphatic carbocycles. The van der Waals surface area contributed by atoms with Gasteiger partial charge in [-0.2, -0.15) is 0 Å². The van der Waals surface area contributed by atoms with Gasteiger partial charge in [-0.25, -0.2) is 0 Å². The van der Waals surface area contributed by atoms with E-state index in [1.807, 2.05) is 18.8 Å². The highest BCUT2D eigenvalue weighted by Gasteiger charge is 2.06. The highest BCUT2D eigenvalue weighted by molar-refractivity contribution is 7.99. The van der Waals surface area contributed by atoms with Crippen molar-refractivity contribution in [3.63, 3.8) is 0 Å². The first-order valence-corrected chi connectivity index (χ1v) is 7.11. The summed E-state index contributed by atoms with van der Waals surface area (Å²) in [6.45, 7) is 8.19. The maximum atomic E-state index is 3.96. The van der Waals surface area contributed by atoms with Crippen LogP contribution in [0.4, 0.5) is 0 Å². The Balaban J connectivity index is 2.39. The van der Waals surface area contributed by atoms with Gasteiger partial charge in [-0.05, 0) is 45.9 Å². The van der Waals surface area contributed by atoms with Crippen LogP contribution in [-0.2, 0) is 0 Å². The number of hydrogen-bond donors (Lipinski definition) is 1. The zero-order valence-electron chi connectivity index (χ0n) is 11.1. The summed E-state index contributed by atoms with van der Waals surface area (Å²) in [6, 6.07) is 9.26. The van der Waals surface area contributed by atoms with Crippen molar-refractivity contribution >= 4 is 11.8 Å². The van der Waals surface area contributed by atoms with Crippen LogP contribution in [0.15, 0.2) is 41.3 Å². The van der Waals surface area contributed by atoms with Crippen LogP contribution in [0.5, 0.6) is 0 Å². The maximum absolute atomic E-state index is 3.96. The molecule has 0 aliphatic heterocycles. The maximum Gasteiger partial charge on any atom is 0.0161 e. The third kappa shape index (κ3) is 5.94. The van der Waals surface area contributed by atoms with Gasteiger partial charge in [-0.1, -0.05) is 23.3 Å². The molecule has 0 spiro atoms. The van der Waals surface area contributed by atoms with Crippen LogP contribution < -0.4 is 5.32 Å². The number of benzene rings is 1. The summed E-state index contributed by atoms with van der Waals surface area (Å²) in [5, 5.41) is 3.38. The average molecular weight is 249 g/mol. The van der Waals surface area contributed by atoms with E-state index in [0.717, 1.165) is 12.2 Å². The molecule has 0 amide bonds. The Hall–Kier alpha value is -0.730. The van der Waals surface area contributed by atoms with Crippen LogP contribution in [0.3, 0.4) is 0 Å². The molecule has 0 radical (unpaired) electrons. The molecule has 94 valence electrons. The molecule has 0 aliphatic rings. The first-order valence-electron chi connectivity index (χ1n) is 6.13. The van der Waals surface area contributed by atoms with E-state index >= 15 is 0 Å². The van der Waals surface area contributed by atoms with E-state index in [9.17, 15) is 0 Å². The van der Waals surface area contributed by atoms with Gasteiger partial charge < -0.3 is 5.32 Å². The predicted octanol–water partition coefficient (Wildman–Crippen LogP) is 4.03. The topological polar surface area (TPSA) is 12.0 Å². The molecule has 2 heteroatoms. The van der Waals surface area contributed by atoms with Gasteiger partial charge in [0.1, 0.15) is 0 Å². The van der Waals surface area contributed by atoms with Crippen molar-refractivity contribution in [2.75, 3.05) is 12.8 Å². The molecule has 0 saturated heterocycles. The van der Waals surface area contributed by atoms with E-state index < -0.39 is 0 Å². The zero-order valence-corrected chi connectivity index (χ0v) is 11.9. The quantitative estimate of drug-likeness (QED) is 0.578. The van der Waals surface area contributed by atoms with Crippen molar-refractivity contribution in [1.29, 1.82) is 0 Å². The molecule has 1 aromatic carbocycles. The monoisotopic (exact) mass is 249 g/mol. The van der Waals surface area contributed by atoms with E-state index in [2.05, 4.69) is 50.0 Å². The number of hydrogen-bond acceptors (Lipinski definition) is 2. The Morgan fingerprint density at radius 3 is 2.82 bits per heavy atom. The molecule has 1 nitrogen and oxygen atoms in total. The van der Waals surface area contributed by atoms with E-state index in [4.69, 9.17) is 0 Å². The van der Waals surface area contributed by atoms with Gasteiger partial charge in [-0.15, -0.1) is 18.3 Å². The fourth-order valence-corrected chi connectivity index (χ4v) is 2.80. The second-order valence-corrected chi connectivity index (χ2v) is 5.70. The molecule has 0 saturated carbocycles. The van der Waals surface area contributed by atoms with Crippen molar-refractivity contribution in [2.45, 2.75) is 37.6 Å². The zero-order chi connectivity index (χ0) is 12.7. The van der Waals surface area contributed by atoms with Gasteiger partial charge in [0.05, 0.1) is 0 Å². The predicted molar refractivity (Wildman–Crippen MR) is 78.8 cm³/mol. The highest BCUT2D eigenvalue weighted by Crippen LogP contribution is 2.21. The minimum Gasteiger partial charge on any atom is -0.316 e. The molecule has 1 N–H and O–H groups in total. The molecule has 1 unspecified atom stereocenters. The van der Waals surface area contributed by atoms with Crippen LogP contribution in [0.25, 0.3) is 0 Å². The SMILES string of the molecule is C=C(C)CCC(CSc1cccc(C)c1)NC. The molecule has 1 aromatic rings. The fraction of sp³-hybridized carbons (Fsp3) is 0.467. The van der Waals surface area contributed by atoms with E-state index in [1.54, 1.807) is 0 Å². The third-order valence-corrected chi connectivity index (χ3v) is 3.92. The lowest BCUT2D eigenvalue weighted by atomic mass is 10.1. The normalized spacial score (nSPS) is 12.4. The summed E-state index contributed by atoms with van der Waals surface area (Å²) < 4.78 is 0. The van der Waals surface area contributed by atoms with Gasteiger partial charge in [0.25, 0.3) is 0 Å². The Kier molecular flexibility index (Phi) is 6.38. The summed E-state index contributed by atoms with van der Waals surface area (Å²) in [5.74, 6) is 1.12. The average Bonchev–Trinajstić information content (AvgIpc) is 2.29. The smallest absolute Gasteiger partial charge is 0.0161 e.